The van der Waals surface area contributed by atoms with E-state index < -0.39 is 0 Å². The molecule has 0 bridgehead atoms. The minimum absolute atomic E-state index is 0.578. The summed E-state index contributed by atoms with van der Waals surface area (Å²) in [5.74, 6) is 2.11. The highest BCUT2D eigenvalue weighted by Gasteiger charge is 2.12. The highest BCUT2D eigenvalue weighted by atomic mass is 79.9. The number of aryl methyl sites for hydroxylation is 1. The molecule has 0 aliphatic carbocycles. The second-order valence-electron chi connectivity index (χ2n) is 5.02. The monoisotopic (exact) mass is 383 g/mol. The number of anilines is 1. The molecule has 1 aromatic heterocycles. The van der Waals surface area contributed by atoms with Gasteiger partial charge in [-0.2, -0.15) is 0 Å². The first-order valence-corrected chi connectivity index (χ1v) is 8.48. The highest BCUT2D eigenvalue weighted by Crippen LogP contribution is 2.34. The van der Waals surface area contributed by atoms with Crippen LogP contribution in [0.25, 0.3) is 0 Å². The first kappa shape index (κ1) is 17.5. The van der Waals surface area contributed by atoms with E-state index in [2.05, 4.69) is 50.6 Å². The van der Waals surface area contributed by atoms with Crippen molar-refractivity contribution in [3.63, 3.8) is 0 Å². The van der Waals surface area contributed by atoms with E-state index in [0.717, 1.165) is 35.2 Å². The van der Waals surface area contributed by atoms with Gasteiger partial charge in [-0.05, 0) is 41.0 Å². The minimum atomic E-state index is 0.578. The number of nitrogens with zero attached hydrogens (tertiary/aromatic N) is 4. The number of methoxy groups -OCH3 is 1. The van der Waals surface area contributed by atoms with Gasteiger partial charge in [0.05, 0.1) is 13.7 Å². The van der Waals surface area contributed by atoms with Crippen LogP contribution >= 0.6 is 15.9 Å². The number of benzene rings is 1. The van der Waals surface area contributed by atoms with Gasteiger partial charge in [-0.1, -0.05) is 34.9 Å². The highest BCUT2D eigenvalue weighted by molar-refractivity contribution is 9.10. The van der Waals surface area contributed by atoms with Crippen LogP contribution in [0.1, 0.15) is 32.3 Å². The predicted octanol–water partition coefficient (Wildman–Crippen LogP) is 3.26. The Labute approximate surface area is 144 Å². The number of halogens is 1. The van der Waals surface area contributed by atoms with Crippen LogP contribution in [0.2, 0.25) is 0 Å². The van der Waals surface area contributed by atoms with Crippen molar-refractivity contribution in [3.8, 4) is 11.5 Å². The molecule has 0 radical (unpaired) electrons. The van der Waals surface area contributed by atoms with E-state index >= 15 is 0 Å². The lowest BCUT2D eigenvalue weighted by Crippen LogP contribution is -2.09. The summed E-state index contributed by atoms with van der Waals surface area (Å²) >= 11 is 3.58. The molecular formula is C15H22BrN5O2. The SMILES string of the molecule is CCCOc1cc(Br)c(CNc2nnnn2CCC)cc1OC. The summed E-state index contributed by atoms with van der Waals surface area (Å²) in [6.07, 6.45) is 1.92. The van der Waals surface area contributed by atoms with Gasteiger partial charge >= 0.3 is 0 Å². The fourth-order valence-corrected chi connectivity index (χ4v) is 2.53. The van der Waals surface area contributed by atoms with Gasteiger partial charge in [-0.15, -0.1) is 0 Å². The van der Waals surface area contributed by atoms with Crippen LogP contribution in [-0.4, -0.2) is 33.9 Å². The summed E-state index contributed by atoms with van der Waals surface area (Å²) in [6, 6.07) is 3.89. The molecule has 7 nitrogen and oxygen atoms in total. The van der Waals surface area contributed by atoms with E-state index in [4.69, 9.17) is 9.47 Å². The zero-order chi connectivity index (χ0) is 16.7. The molecule has 126 valence electrons. The Morgan fingerprint density at radius 3 is 2.74 bits per heavy atom. The lowest BCUT2D eigenvalue weighted by molar-refractivity contribution is 0.294. The summed E-state index contributed by atoms with van der Waals surface area (Å²) in [6.45, 7) is 6.17. The number of hydrogen-bond donors (Lipinski definition) is 1. The van der Waals surface area contributed by atoms with Crippen LogP contribution in [0.5, 0.6) is 11.5 Å². The minimum Gasteiger partial charge on any atom is -0.493 e. The number of aromatic nitrogens is 4. The van der Waals surface area contributed by atoms with Gasteiger partial charge in [0.2, 0.25) is 5.95 Å². The predicted molar refractivity (Wildman–Crippen MR) is 91.9 cm³/mol. The second-order valence-corrected chi connectivity index (χ2v) is 5.88. The maximum atomic E-state index is 5.70. The molecule has 23 heavy (non-hydrogen) atoms. The van der Waals surface area contributed by atoms with Gasteiger partial charge in [0.15, 0.2) is 11.5 Å². The van der Waals surface area contributed by atoms with Crippen molar-refractivity contribution in [2.75, 3.05) is 19.0 Å². The van der Waals surface area contributed by atoms with Crippen molar-refractivity contribution in [2.45, 2.75) is 39.8 Å². The molecule has 1 N–H and O–H groups in total. The van der Waals surface area contributed by atoms with Gasteiger partial charge < -0.3 is 14.8 Å². The Morgan fingerprint density at radius 2 is 2.04 bits per heavy atom. The van der Waals surface area contributed by atoms with E-state index in [1.54, 1.807) is 11.8 Å². The van der Waals surface area contributed by atoms with Crippen LogP contribution in [0, 0.1) is 0 Å². The molecular weight excluding hydrogens is 362 g/mol. The molecule has 2 rings (SSSR count). The van der Waals surface area contributed by atoms with Crippen LogP contribution in [-0.2, 0) is 13.1 Å². The summed E-state index contributed by atoms with van der Waals surface area (Å²) in [5, 5.41) is 14.9. The van der Waals surface area contributed by atoms with Crippen molar-refractivity contribution in [2.24, 2.45) is 0 Å². The summed E-state index contributed by atoms with van der Waals surface area (Å²) in [4.78, 5) is 0. The average Bonchev–Trinajstić information content (AvgIpc) is 2.99. The van der Waals surface area contributed by atoms with Crippen LogP contribution < -0.4 is 14.8 Å². The first-order chi connectivity index (χ1) is 11.2. The topological polar surface area (TPSA) is 74.1 Å². The zero-order valence-electron chi connectivity index (χ0n) is 13.7. The number of hydrogen-bond acceptors (Lipinski definition) is 6. The second kappa shape index (κ2) is 8.71. The normalized spacial score (nSPS) is 10.6. The molecule has 0 amide bonds. The summed E-state index contributed by atoms with van der Waals surface area (Å²) in [7, 11) is 1.64. The molecule has 0 fully saturated rings. The molecule has 2 aromatic rings. The van der Waals surface area contributed by atoms with E-state index in [0.29, 0.717) is 24.8 Å². The molecule has 0 saturated carbocycles. The fraction of sp³-hybridized carbons (Fsp3) is 0.533. The first-order valence-electron chi connectivity index (χ1n) is 7.68. The lowest BCUT2D eigenvalue weighted by Gasteiger charge is -2.14. The number of rotatable bonds is 9. The summed E-state index contributed by atoms with van der Waals surface area (Å²) < 4.78 is 13.8. The van der Waals surface area contributed by atoms with Crippen molar-refractivity contribution in [3.05, 3.63) is 22.2 Å². The van der Waals surface area contributed by atoms with Crippen LogP contribution in [0.3, 0.4) is 0 Å². The lowest BCUT2D eigenvalue weighted by atomic mass is 10.2. The van der Waals surface area contributed by atoms with E-state index in [1.165, 1.54) is 0 Å². The Morgan fingerprint density at radius 1 is 1.22 bits per heavy atom. The summed E-state index contributed by atoms with van der Waals surface area (Å²) in [5.41, 5.74) is 1.04. The van der Waals surface area contributed by atoms with E-state index in [1.807, 2.05) is 12.1 Å². The quantitative estimate of drug-likeness (QED) is 0.716. The average molecular weight is 384 g/mol. The van der Waals surface area contributed by atoms with Crippen molar-refractivity contribution in [1.82, 2.24) is 20.2 Å². The smallest absolute Gasteiger partial charge is 0.243 e. The third kappa shape index (κ3) is 4.57. The maximum absolute atomic E-state index is 5.70. The molecule has 0 spiro atoms. The Balaban J connectivity index is 2.11. The number of nitrogens with one attached hydrogen (secondary N) is 1. The van der Waals surface area contributed by atoms with E-state index in [-0.39, 0.29) is 0 Å². The Hall–Kier alpha value is -1.83. The number of ether oxygens (including phenoxy) is 2. The van der Waals surface area contributed by atoms with Gasteiger partial charge in [0, 0.05) is 17.6 Å². The van der Waals surface area contributed by atoms with Crippen LogP contribution in [0.4, 0.5) is 5.95 Å². The molecule has 0 atom stereocenters. The van der Waals surface area contributed by atoms with Crippen LogP contribution in [0.15, 0.2) is 16.6 Å². The van der Waals surface area contributed by atoms with Crippen molar-refractivity contribution >= 4 is 21.9 Å². The Bertz CT molecular complexity index is 632. The molecule has 0 aliphatic rings. The Kier molecular flexibility index (Phi) is 6.64. The third-order valence-electron chi connectivity index (χ3n) is 3.20. The molecule has 1 aromatic carbocycles. The maximum Gasteiger partial charge on any atom is 0.243 e. The van der Waals surface area contributed by atoms with E-state index in [9.17, 15) is 0 Å². The van der Waals surface area contributed by atoms with Crippen molar-refractivity contribution in [1.29, 1.82) is 0 Å². The molecule has 0 saturated heterocycles. The molecule has 1 heterocycles. The molecule has 8 heteroatoms. The van der Waals surface area contributed by atoms with Gasteiger partial charge in [0.25, 0.3) is 0 Å². The van der Waals surface area contributed by atoms with Gasteiger partial charge in [-0.25, -0.2) is 4.68 Å². The van der Waals surface area contributed by atoms with Crippen molar-refractivity contribution < 1.29 is 9.47 Å². The number of tetrazole rings is 1. The largest absolute Gasteiger partial charge is 0.493 e. The third-order valence-corrected chi connectivity index (χ3v) is 3.94. The molecule has 0 unspecified atom stereocenters. The zero-order valence-corrected chi connectivity index (χ0v) is 15.3. The standard InChI is InChI=1S/C15H22BrN5O2/c1-4-6-21-15(18-19-20-21)17-10-11-8-13(22-3)14(9-12(11)16)23-7-5-2/h8-9H,4-7,10H2,1-3H3,(H,17,18,20). The fourth-order valence-electron chi connectivity index (χ4n) is 2.06. The molecule has 0 aliphatic heterocycles. The van der Waals surface area contributed by atoms with Gasteiger partial charge in [-0.3, -0.25) is 0 Å². The van der Waals surface area contributed by atoms with Gasteiger partial charge in [0.1, 0.15) is 0 Å².